The Labute approximate surface area is 129 Å². The molecule has 2 rings (SSSR count). The highest BCUT2D eigenvalue weighted by molar-refractivity contribution is 5.91. The summed E-state index contributed by atoms with van der Waals surface area (Å²) >= 11 is 0. The largest absolute Gasteiger partial charge is 0.462 e. The van der Waals surface area contributed by atoms with Gasteiger partial charge in [0.15, 0.2) is 0 Å². The number of hydrogen-bond donors (Lipinski definition) is 0. The van der Waals surface area contributed by atoms with Crippen molar-refractivity contribution in [3.8, 4) is 0 Å². The van der Waals surface area contributed by atoms with E-state index in [1.54, 1.807) is 0 Å². The fraction of sp³-hybridized carbons (Fsp3) is 0.737. The second-order valence-electron chi connectivity index (χ2n) is 6.59. The van der Waals surface area contributed by atoms with E-state index < -0.39 is 0 Å². The van der Waals surface area contributed by atoms with Crippen LogP contribution in [0.2, 0.25) is 0 Å². The third-order valence-electron chi connectivity index (χ3n) is 5.10. The van der Waals surface area contributed by atoms with Crippen LogP contribution < -0.4 is 0 Å². The van der Waals surface area contributed by atoms with Crippen LogP contribution in [-0.2, 0) is 9.53 Å². The molecule has 0 bridgehead atoms. The molecule has 0 saturated carbocycles. The number of allylic oxidation sites excluding steroid dienone is 3. The Bertz CT molecular complexity index is 431. The summed E-state index contributed by atoms with van der Waals surface area (Å²) in [7, 11) is 0. The maximum atomic E-state index is 12.4. The van der Waals surface area contributed by atoms with Crippen LogP contribution in [0.1, 0.15) is 72.1 Å². The SMILES string of the molecule is CCCCC(CC)COC(=O)C1=CC2=C(CCCC2)C1C. The van der Waals surface area contributed by atoms with Gasteiger partial charge in [-0.25, -0.2) is 4.79 Å². The smallest absolute Gasteiger partial charge is 0.334 e. The van der Waals surface area contributed by atoms with Gasteiger partial charge >= 0.3 is 5.97 Å². The fourth-order valence-corrected chi connectivity index (χ4v) is 3.52. The van der Waals surface area contributed by atoms with Crippen LogP contribution in [0.25, 0.3) is 0 Å². The van der Waals surface area contributed by atoms with Crippen LogP contribution >= 0.6 is 0 Å². The zero-order valence-electron chi connectivity index (χ0n) is 13.9. The topological polar surface area (TPSA) is 26.3 Å². The summed E-state index contributed by atoms with van der Waals surface area (Å²) in [6.07, 6.45) is 11.7. The van der Waals surface area contributed by atoms with Crippen LogP contribution in [0.15, 0.2) is 22.8 Å². The van der Waals surface area contributed by atoms with Gasteiger partial charge in [0.2, 0.25) is 0 Å². The molecule has 0 radical (unpaired) electrons. The van der Waals surface area contributed by atoms with Gasteiger partial charge in [0, 0.05) is 11.5 Å². The molecule has 2 heteroatoms. The number of hydrogen-bond acceptors (Lipinski definition) is 2. The van der Waals surface area contributed by atoms with Crippen LogP contribution in [0.3, 0.4) is 0 Å². The third kappa shape index (κ3) is 3.99. The number of rotatable bonds is 7. The fourth-order valence-electron chi connectivity index (χ4n) is 3.52. The second-order valence-corrected chi connectivity index (χ2v) is 6.59. The summed E-state index contributed by atoms with van der Waals surface area (Å²) < 4.78 is 5.62. The van der Waals surface area contributed by atoms with E-state index in [2.05, 4.69) is 26.8 Å². The maximum absolute atomic E-state index is 12.4. The zero-order valence-corrected chi connectivity index (χ0v) is 13.9. The predicted molar refractivity (Wildman–Crippen MR) is 87.0 cm³/mol. The van der Waals surface area contributed by atoms with Crippen molar-refractivity contribution in [3.05, 3.63) is 22.8 Å². The van der Waals surface area contributed by atoms with Crippen molar-refractivity contribution < 1.29 is 9.53 Å². The van der Waals surface area contributed by atoms with Crippen LogP contribution in [0.4, 0.5) is 0 Å². The lowest BCUT2D eigenvalue weighted by molar-refractivity contribution is -0.140. The van der Waals surface area contributed by atoms with E-state index in [1.807, 2.05) is 0 Å². The van der Waals surface area contributed by atoms with E-state index in [0.717, 1.165) is 24.8 Å². The molecular weight excluding hydrogens is 260 g/mol. The molecule has 0 aromatic rings. The van der Waals surface area contributed by atoms with Gasteiger partial charge in [0.25, 0.3) is 0 Å². The van der Waals surface area contributed by atoms with E-state index in [-0.39, 0.29) is 11.9 Å². The van der Waals surface area contributed by atoms with Crippen molar-refractivity contribution >= 4 is 5.97 Å². The van der Waals surface area contributed by atoms with E-state index >= 15 is 0 Å². The minimum Gasteiger partial charge on any atom is -0.462 e. The van der Waals surface area contributed by atoms with Gasteiger partial charge in [0.05, 0.1) is 6.61 Å². The summed E-state index contributed by atoms with van der Waals surface area (Å²) in [6.45, 7) is 7.14. The number of unbranched alkanes of at least 4 members (excludes halogenated alkanes) is 1. The molecule has 2 aliphatic rings. The Morgan fingerprint density at radius 3 is 2.76 bits per heavy atom. The molecule has 0 aromatic heterocycles. The predicted octanol–water partition coefficient (Wildman–Crippen LogP) is 5.19. The molecule has 0 aliphatic heterocycles. The molecule has 2 unspecified atom stereocenters. The van der Waals surface area contributed by atoms with Crippen molar-refractivity contribution in [1.82, 2.24) is 0 Å². The highest BCUT2D eigenvalue weighted by atomic mass is 16.5. The summed E-state index contributed by atoms with van der Waals surface area (Å²) in [6, 6.07) is 0. The average molecular weight is 290 g/mol. The van der Waals surface area contributed by atoms with Gasteiger partial charge < -0.3 is 4.74 Å². The first-order valence-electron chi connectivity index (χ1n) is 8.78. The van der Waals surface area contributed by atoms with E-state index in [9.17, 15) is 4.79 Å². The van der Waals surface area contributed by atoms with Gasteiger partial charge in [-0.15, -0.1) is 0 Å². The number of carbonyl (C=O) groups excluding carboxylic acids is 1. The molecule has 118 valence electrons. The lowest BCUT2D eigenvalue weighted by Crippen LogP contribution is -2.18. The summed E-state index contributed by atoms with van der Waals surface area (Å²) in [5.74, 6) is 0.726. The zero-order chi connectivity index (χ0) is 15.2. The monoisotopic (exact) mass is 290 g/mol. The molecule has 0 saturated heterocycles. The Morgan fingerprint density at radius 2 is 2.10 bits per heavy atom. The summed E-state index contributed by atoms with van der Waals surface area (Å²) in [5.41, 5.74) is 3.80. The average Bonchev–Trinajstić information content (AvgIpc) is 2.85. The van der Waals surface area contributed by atoms with Crippen LogP contribution in [0, 0.1) is 11.8 Å². The van der Waals surface area contributed by atoms with Crippen molar-refractivity contribution in [2.24, 2.45) is 11.8 Å². The lowest BCUT2D eigenvalue weighted by Gasteiger charge is -2.19. The molecule has 0 amide bonds. The number of carbonyl (C=O) groups is 1. The highest BCUT2D eigenvalue weighted by Gasteiger charge is 2.30. The molecule has 0 aromatic carbocycles. The molecule has 2 nitrogen and oxygen atoms in total. The quantitative estimate of drug-likeness (QED) is 0.603. The van der Waals surface area contributed by atoms with Crippen LogP contribution in [-0.4, -0.2) is 12.6 Å². The molecule has 2 aliphatic carbocycles. The third-order valence-corrected chi connectivity index (χ3v) is 5.10. The molecule has 2 atom stereocenters. The Hall–Kier alpha value is -1.05. The van der Waals surface area contributed by atoms with Gasteiger partial charge in [-0.2, -0.15) is 0 Å². The van der Waals surface area contributed by atoms with Crippen molar-refractivity contribution in [1.29, 1.82) is 0 Å². The maximum Gasteiger partial charge on any atom is 0.334 e. The lowest BCUT2D eigenvalue weighted by atomic mass is 9.88. The Morgan fingerprint density at radius 1 is 1.33 bits per heavy atom. The molecular formula is C19H30O2. The number of ether oxygens (including phenoxy) is 1. The van der Waals surface area contributed by atoms with Gasteiger partial charge in [-0.05, 0) is 49.7 Å². The summed E-state index contributed by atoms with van der Waals surface area (Å²) in [5, 5.41) is 0. The molecule has 0 heterocycles. The molecule has 0 spiro atoms. The highest BCUT2D eigenvalue weighted by Crippen LogP contribution is 2.40. The minimum absolute atomic E-state index is 0.0770. The first-order valence-corrected chi connectivity index (χ1v) is 8.78. The van der Waals surface area contributed by atoms with Crippen molar-refractivity contribution in [3.63, 3.8) is 0 Å². The summed E-state index contributed by atoms with van der Waals surface area (Å²) in [4.78, 5) is 12.4. The number of esters is 1. The van der Waals surface area contributed by atoms with Crippen molar-refractivity contribution in [2.45, 2.75) is 72.1 Å². The second kappa shape index (κ2) is 7.82. The van der Waals surface area contributed by atoms with E-state index in [1.165, 1.54) is 43.3 Å². The van der Waals surface area contributed by atoms with Crippen molar-refractivity contribution in [2.75, 3.05) is 6.61 Å². The minimum atomic E-state index is -0.0770. The molecule has 21 heavy (non-hydrogen) atoms. The van der Waals surface area contributed by atoms with Gasteiger partial charge in [-0.1, -0.05) is 45.6 Å². The first-order chi connectivity index (χ1) is 10.2. The van der Waals surface area contributed by atoms with Crippen LogP contribution in [0.5, 0.6) is 0 Å². The Kier molecular flexibility index (Phi) is 6.08. The first kappa shape index (κ1) is 16.3. The standard InChI is InChI=1S/C19H30O2/c1-4-6-9-15(5-2)13-21-19(20)18-12-16-10-7-8-11-17(16)14(18)3/h12,14-15H,4-11,13H2,1-3H3. The Balaban J connectivity index is 1.87. The molecule has 0 N–H and O–H groups in total. The van der Waals surface area contributed by atoms with E-state index in [0.29, 0.717) is 12.5 Å². The van der Waals surface area contributed by atoms with Gasteiger partial charge in [0.1, 0.15) is 0 Å². The van der Waals surface area contributed by atoms with Gasteiger partial charge in [-0.3, -0.25) is 0 Å². The van der Waals surface area contributed by atoms with E-state index in [4.69, 9.17) is 4.74 Å². The normalized spacial score (nSPS) is 22.8. The molecule has 0 fully saturated rings.